The van der Waals surface area contributed by atoms with Gasteiger partial charge in [-0.05, 0) is 48.0 Å². The molecule has 0 unspecified atom stereocenters. The molecular weight excluding hydrogens is 470 g/mol. The number of ether oxygens (including phenoxy) is 3. The molecule has 0 saturated carbocycles. The molecule has 0 fully saturated rings. The average molecular weight is 496 g/mol. The predicted molar refractivity (Wildman–Crippen MR) is 131 cm³/mol. The molecule has 0 aliphatic heterocycles. The molecule has 2 aromatic carbocycles. The Morgan fingerprint density at radius 3 is 2.26 bits per heavy atom. The first-order valence-corrected chi connectivity index (χ1v) is 12.1. The van der Waals surface area contributed by atoms with Crippen molar-refractivity contribution in [1.82, 2.24) is 14.3 Å². The maximum atomic E-state index is 13.6. The number of hydrogen-bond donors (Lipinski definition) is 1. The number of rotatable bonds is 9. The van der Waals surface area contributed by atoms with E-state index in [0.717, 1.165) is 0 Å². The third-order valence-corrected chi connectivity index (χ3v) is 7.36. The van der Waals surface area contributed by atoms with Gasteiger partial charge < -0.3 is 19.2 Å². The normalized spacial score (nSPS) is 11.5. The van der Waals surface area contributed by atoms with E-state index in [1.54, 1.807) is 54.9 Å². The lowest BCUT2D eigenvalue weighted by Gasteiger charge is -2.22. The Balaban J connectivity index is 1.77. The number of fused-ring (bicyclic) bond motifs is 1. The highest BCUT2D eigenvalue weighted by atomic mass is 32.2. The van der Waals surface area contributed by atoms with Crippen molar-refractivity contribution in [3.63, 3.8) is 0 Å². The average Bonchev–Trinajstić information content (AvgIpc) is 2.88. The smallest absolute Gasteiger partial charge is 0.252 e. The van der Waals surface area contributed by atoms with Gasteiger partial charge in [0.1, 0.15) is 5.75 Å². The molecule has 2 aromatic heterocycles. The molecule has 182 valence electrons. The van der Waals surface area contributed by atoms with Gasteiger partial charge >= 0.3 is 0 Å². The molecule has 0 radical (unpaired) electrons. The van der Waals surface area contributed by atoms with Gasteiger partial charge in [0.2, 0.25) is 10.0 Å². The van der Waals surface area contributed by atoms with Crippen LogP contribution in [0, 0.1) is 0 Å². The molecule has 9 nitrogen and oxygen atoms in total. The lowest BCUT2D eigenvalue weighted by molar-refractivity contribution is 0.355. The highest BCUT2D eigenvalue weighted by molar-refractivity contribution is 7.89. The summed E-state index contributed by atoms with van der Waals surface area (Å²) in [5, 5.41) is 0.681. The first kappa shape index (κ1) is 24.2. The highest BCUT2D eigenvalue weighted by Gasteiger charge is 2.26. The Hall–Kier alpha value is -3.89. The van der Waals surface area contributed by atoms with E-state index in [1.165, 1.54) is 37.8 Å². The number of nitrogens with one attached hydrogen (secondary N) is 1. The maximum absolute atomic E-state index is 13.6. The summed E-state index contributed by atoms with van der Waals surface area (Å²) in [5.74, 6) is 1.51. The van der Waals surface area contributed by atoms with Gasteiger partial charge in [-0.1, -0.05) is 6.07 Å². The molecule has 0 aliphatic rings. The van der Waals surface area contributed by atoms with E-state index < -0.39 is 15.6 Å². The fourth-order valence-electron chi connectivity index (χ4n) is 3.70. The standard InChI is InChI=1S/C25H25N3O6S/c1-32-20-6-8-21(9-7-20)35(30,31)28(15-17-5-4-10-26-14-17)16-19-11-18-12-23(33-2)24(34-3)13-22(18)27-25(19)29/h4-14H,15-16H2,1-3H3,(H,27,29). The fraction of sp³-hybridized carbons (Fsp3) is 0.200. The third-order valence-electron chi connectivity index (χ3n) is 5.55. The van der Waals surface area contributed by atoms with E-state index in [1.807, 2.05) is 0 Å². The Kier molecular flexibility index (Phi) is 7.04. The van der Waals surface area contributed by atoms with E-state index >= 15 is 0 Å². The molecule has 0 amide bonds. The lowest BCUT2D eigenvalue weighted by atomic mass is 10.1. The molecule has 35 heavy (non-hydrogen) atoms. The van der Waals surface area contributed by atoms with Crippen LogP contribution in [-0.4, -0.2) is 44.0 Å². The van der Waals surface area contributed by atoms with E-state index in [-0.39, 0.29) is 23.5 Å². The first-order valence-electron chi connectivity index (χ1n) is 10.7. The van der Waals surface area contributed by atoms with Gasteiger partial charge in [-0.3, -0.25) is 9.78 Å². The Labute approximate surface area is 203 Å². The molecule has 4 aromatic rings. The van der Waals surface area contributed by atoms with Crippen LogP contribution < -0.4 is 19.8 Å². The van der Waals surface area contributed by atoms with Gasteiger partial charge in [0.05, 0.1) is 31.7 Å². The van der Waals surface area contributed by atoms with Crippen molar-refractivity contribution in [2.45, 2.75) is 18.0 Å². The van der Waals surface area contributed by atoms with Crippen molar-refractivity contribution in [1.29, 1.82) is 0 Å². The van der Waals surface area contributed by atoms with Gasteiger partial charge in [0, 0.05) is 42.5 Å². The van der Waals surface area contributed by atoms with E-state index in [4.69, 9.17) is 14.2 Å². The molecule has 0 atom stereocenters. The van der Waals surface area contributed by atoms with E-state index in [2.05, 4.69) is 9.97 Å². The number of hydrogen-bond acceptors (Lipinski definition) is 7. The van der Waals surface area contributed by atoms with Crippen LogP contribution in [0.2, 0.25) is 0 Å². The second-order valence-electron chi connectivity index (χ2n) is 7.73. The predicted octanol–water partition coefficient (Wildman–Crippen LogP) is 3.34. The number of benzene rings is 2. The van der Waals surface area contributed by atoms with Crippen molar-refractivity contribution in [3.8, 4) is 17.2 Å². The summed E-state index contributed by atoms with van der Waals surface area (Å²) >= 11 is 0. The minimum absolute atomic E-state index is 0.0333. The topological polar surface area (TPSA) is 111 Å². The zero-order valence-corrected chi connectivity index (χ0v) is 20.3. The number of aromatic amines is 1. The Morgan fingerprint density at radius 2 is 1.63 bits per heavy atom. The van der Waals surface area contributed by atoms with Gasteiger partial charge in [0.25, 0.3) is 5.56 Å². The van der Waals surface area contributed by atoms with Crippen LogP contribution in [0.25, 0.3) is 10.9 Å². The summed E-state index contributed by atoms with van der Waals surface area (Å²) in [6.07, 6.45) is 3.21. The molecule has 0 bridgehead atoms. The van der Waals surface area contributed by atoms with Crippen LogP contribution in [-0.2, 0) is 23.1 Å². The summed E-state index contributed by atoms with van der Waals surface area (Å²) in [6, 6.07) is 14.7. The van der Waals surface area contributed by atoms with Crippen molar-refractivity contribution >= 4 is 20.9 Å². The summed E-state index contributed by atoms with van der Waals surface area (Å²) < 4.78 is 44.3. The minimum Gasteiger partial charge on any atom is -0.497 e. The number of sulfonamides is 1. The Morgan fingerprint density at radius 1 is 0.914 bits per heavy atom. The highest BCUT2D eigenvalue weighted by Crippen LogP contribution is 2.31. The van der Waals surface area contributed by atoms with Crippen LogP contribution in [0.4, 0.5) is 0 Å². The van der Waals surface area contributed by atoms with Gasteiger partial charge in [-0.15, -0.1) is 0 Å². The minimum atomic E-state index is -3.96. The third kappa shape index (κ3) is 5.13. The summed E-state index contributed by atoms with van der Waals surface area (Å²) in [7, 11) is 0.577. The zero-order chi connectivity index (χ0) is 25.0. The van der Waals surface area contributed by atoms with Crippen molar-refractivity contribution < 1.29 is 22.6 Å². The summed E-state index contributed by atoms with van der Waals surface area (Å²) in [6.45, 7) is -0.117. The van der Waals surface area contributed by atoms with Crippen LogP contribution in [0.3, 0.4) is 0 Å². The second kappa shape index (κ2) is 10.2. The Bertz CT molecular complexity index is 1490. The second-order valence-corrected chi connectivity index (χ2v) is 9.67. The largest absolute Gasteiger partial charge is 0.497 e. The van der Waals surface area contributed by atoms with Gasteiger partial charge in [-0.2, -0.15) is 4.31 Å². The van der Waals surface area contributed by atoms with Gasteiger partial charge in [-0.25, -0.2) is 8.42 Å². The lowest BCUT2D eigenvalue weighted by Crippen LogP contribution is -2.32. The molecular formula is C25H25N3O6S. The van der Waals surface area contributed by atoms with Crippen molar-refractivity contribution in [2.75, 3.05) is 21.3 Å². The number of aromatic nitrogens is 2. The summed E-state index contributed by atoms with van der Waals surface area (Å²) in [4.78, 5) is 19.9. The van der Waals surface area contributed by atoms with Crippen LogP contribution in [0.5, 0.6) is 17.2 Å². The molecule has 1 N–H and O–H groups in total. The van der Waals surface area contributed by atoms with Crippen molar-refractivity contribution in [3.05, 3.63) is 88.5 Å². The number of H-pyrrole nitrogens is 1. The molecule has 10 heteroatoms. The van der Waals surface area contributed by atoms with E-state index in [0.29, 0.717) is 33.7 Å². The quantitative estimate of drug-likeness (QED) is 0.379. The van der Waals surface area contributed by atoms with Crippen molar-refractivity contribution in [2.24, 2.45) is 0 Å². The van der Waals surface area contributed by atoms with Crippen LogP contribution in [0.1, 0.15) is 11.1 Å². The molecule has 4 rings (SSSR count). The molecule has 0 saturated heterocycles. The first-order chi connectivity index (χ1) is 16.8. The van der Waals surface area contributed by atoms with Crippen LogP contribution >= 0.6 is 0 Å². The number of pyridine rings is 2. The molecule has 0 aliphatic carbocycles. The SMILES string of the molecule is COc1ccc(S(=O)(=O)N(Cc2cccnc2)Cc2cc3cc(OC)c(OC)cc3[nH]c2=O)cc1. The molecule has 0 spiro atoms. The monoisotopic (exact) mass is 495 g/mol. The fourth-order valence-corrected chi connectivity index (χ4v) is 5.11. The number of methoxy groups -OCH3 is 3. The van der Waals surface area contributed by atoms with Crippen LogP contribution in [0.15, 0.2) is 76.7 Å². The maximum Gasteiger partial charge on any atom is 0.252 e. The zero-order valence-electron chi connectivity index (χ0n) is 19.5. The van der Waals surface area contributed by atoms with Gasteiger partial charge in [0.15, 0.2) is 11.5 Å². The number of nitrogens with zero attached hydrogens (tertiary/aromatic N) is 2. The summed E-state index contributed by atoms with van der Waals surface area (Å²) in [5.41, 5.74) is 1.12. The van der Waals surface area contributed by atoms with E-state index in [9.17, 15) is 13.2 Å². The molecule has 2 heterocycles.